The van der Waals surface area contributed by atoms with Gasteiger partial charge < -0.3 is 10.2 Å². The van der Waals surface area contributed by atoms with E-state index >= 15 is 0 Å². The van der Waals surface area contributed by atoms with Crippen molar-refractivity contribution in [2.45, 2.75) is 6.04 Å². The van der Waals surface area contributed by atoms with Crippen molar-refractivity contribution in [2.75, 3.05) is 20.6 Å². The minimum atomic E-state index is -0.167. The van der Waals surface area contributed by atoms with Gasteiger partial charge in [0.2, 0.25) is 0 Å². The summed E-state index contributed by atoms with van der Waals surface area (Å²) < 4.78 is 0. The van der Waals surface area contributed by atoms with Gasteiger partial charge >= 0.3 is 0 Å². The van der Waals surface area contributed by atoms with E-state index in [-0.39, 0.29) is 11.9 Å². The molecule has 4 nitrogen and oxygen atoms in total. The number of rotatable bonds is 5. The molecule has 0 aliphatic rings. The Morgan fingerprint density at radius 1 is 1.18 bits per heavy atom. The number of carbonyl (C=O) groups excluding carboxylic acids is 1. The Morgan fingerprint density at radius 3 is 2.55 bits per heavy atom. The van der Waals surface area contributed by atoms with Crippen molar-refractivity contribution < 1.29 is 4.79 Å². The minimum Gasteiger partial charge on any atom is -0.350 e. The van der Waals surface area contributed by atoms with Gasteiger partial charge in [-0.25, -0.2) is 0 Å². The van der Waals surface area contributed by atoms with Gasteiger partial charge in [-0.2, -0.15) is 5.26 Å². The van der Waals surface area contributed by atoms with Crippen LogP contribution in [0.3, 0.4) is 0 Å². The zero-order valence-corrected chi connectivity index (χ0v) is 12.8. The van der Waals surface area contributed by atoms with Crippen molar-refractivity contribution in [3.8, 4) is 6.07 Å². The van der Waals surface area contributed by atoms with Gasteiger partial charge in [-0.15, -0.1) is 0 Å². The maximum absolute atomic E-state index is 12.2. The van der Waals surface area contributed by atoms with Gasteiger partial charge in [-0.3, -0.25) is 4.79 Å². The average molecular weight is 293 g/mol. The first-order chi connectivity index (χ1) is 10.6. The van der Waals surface area contributed by atoms with Crippen LogP contribution < -0.4 is 5.32 Å². The van der Waals surface area contributed by atoms with Crippen molar-refractivity contribution >= 4 is 5.91 Å². The van der Waals surface area contributed by atoms with Crippen LogP contribution in [0.4, 0.5) is 0 Å². The summed E-state index contributed by atoms with van der Waals surface area (Å²) in [6.07, 6.45) is 0. The second-order valence-electron chi connectivity index (χ2n) is 5.29. The summed E-state index contributed by atoms with van der Waals surface area (Å²) in [6.45, 7) is 0.507. The Morgan fingerprint density at radius 2 is 1.91 bits per heavy atom. The SMILES string of the molecule is CN(C)C(CNC(=O)c1cccc(C#N)c1)c1ccccc1. The van der Waals surface area contributed by atoms with Gasteiger partial charge in [-0.05, 0) is 37.9 Å². The number of benzene rings is 2. The van der Waals surface area contributed by atoms with E-state index in [1.54, 1.807) is 24.3 Å². The third-order valence-corrected chi connectivity index (χ3v) is 3.52. The molecule has 1 atom stereocenters. The van der Waals surface area contributed by atoms with Crippen LogP contribution in [0.15, 0.2) is 54.6 Å². The first-order valence-corrected chi connectivity index (χ1v) is 7.11. The Bertz CT molecular complexity index is 674. The maximum atomic E-state index is 12.2. The number of carbonyl (C=O) groups is 1. The van der Waals surface area contributed by atoms with Crippen LogP contribution in [0.2, 0.25) is 0 Å². The molecule has 0 fully saturated rings. The van der Waals surface area contributed by atoms with Gasteiger partial charge in [0.15, 0.2) is 0 Å². The number of nitrogens with one attached hydrogen (secondary N) is 1. The summed E-state index contributed by atoms with van der Waals surface area (Å²) in [5.41, 5.74) is 2.14. The highest BCUT2D eigenvalue weighted by atomic mass is 16.1. The standard InChI is InChI=1S/C18H19N3O/c1-21(2)17(15-8-4-3-5-9-15)13-20-18(22)16-10-6-7-14(11-16)12-19/h3-11,17H,13H2,1-2H3,(H,20,22). The molecule has 1 amide bonds. The highest BCUT2D eigenvalue weighted by Crippen LogP contribution is 2.17. The fourth-order valence-electron chi connectivity index (χ4n) is 2.30. The lowest BCUT2D eigenvalue weighted by atomic mass is 10.1. The Balaban J connectivity index is 2.06. The smallest absolute Gasteiger partial charge is 0.251 e. The molecule has 0 saturated carbocycles. The summed E-state index contributed by atoms with van der Waals surface area (Å²) in [7, 11) is 3.97. The summed E-state index contributed by atoms with van der Waals surface area (Å²) in [6, 6.07) is 18.9. The second-order valence-corrected chi connectivity index (χ2v) is 5.29. The lowest BCUT2D eigenvalue weighted by Crippen LogP contribution is -2.34. The normalized spacial score (nSPS) is 11.7. The van der Waals surface area contributed by atoms with Gasteiger partial charge in [0.05, 0.1) is 17.7 Å². The number of hydrogen-bond donors (Lipinski definition) is 1. The number of nitrogens with zero attached hydrogens (tertiary/aromatic N) is 2. The fraction of sp³-hybridized carbons (Fsp3) is 0.222. The molecule has 0 aromatic heterocycles. The lowest BCUT2D eigenvalue weighted by Gasteiger charge is -2.25. The predicted octanol–water partition coefficient (Wildman–Crippen LogP) is 2.59. The van der Waals surface area contributed by atoms with Crippen LogP contribution in [0.25, 0.3) is 0 Å². The van der Waals surface area contributed by atoms with E-state index in [9.17, 15) is 4.79 Å². The minimum absolute atomic E-state index is 0.101. The first kappa shape index (κ1) is 15.7. The van der Waals surface area contributed by atoms with Crippen LogP contribution in [-0.2, 0) is 0 Å². The molecule has 1 unspecified atom stereocenters. The third kappa shape index (κ3) is 3.94. The molecule has 22 heavy (non-hydrogen) atoms. The van der Waals surface area contributed by atoms with Gasteiger partial charge in [0, 0.05) is 12.1 Å². The summed E-state index contributed by atoms with van der Waals surface area (Å²) in [4.78, 5) is 14.3. The zero-order valence-electron chi connectivity index (χ0n) is 12.8. The van der Waals surface area contributed by atoms with E-state index in [4.69, 9.17) is 5.26 Å². The molecule has 2 aromatic rings. The van der Waals surface area contributed by atoms with E-state index in [1.165, 1.54) is 0 Å². The van der Waals surface area contributed by atoms with Gasteiger partial charge in [0.1, 0.15) is 0 Å². The number of hydrogen-bond acceptors (Lipinski definition) is 3. The summed E-state index contributed by atoms with van der Waals surface area (Å²) in [5, 5.41) is 11.8. The van der Waals surface area contributed by atoms with Gasteiger partial charge in [-0.1, -0.05) is 36.4 Å². The van der Waals surface area contributed by atoms with E-state index in [0.29, 0.717) is 17.7 Å². The molecule has 1 N–H and O–H groups in total. The molecule has 0 saturated heterocycles. The highest BCUT2D eigenvalue weighted by Gasteiger charge is 2.15. The molecule has 2 aromatic carbocycles. The Kier molecular flexibility index (Phi) is 5.29. The third-order valence-electron chi connectivity index (χ3n) is 3.52. The van der Waals surface area contributed by atoms with Crippen LogP contribution in [-0.4, -0.2) is 31.4 Å². The predicted molar refractivity (Wildman–Crippen MR) is 86.4 cm³/mol. The number of nitriles is 1. The molecule has 0 aliphatic carbocycles. The zero-order chi connectivity index (χ0) is 15.9. The molecule has 2 rings (SSSR count). The molecule has 0 aliphatic heterocycles. The average Bonchev–Trinajstić information content (AvgIpc) is 2.55. The first-order valence-electron chi connectivity index (χ1n) is 7.11. The van der Waals surface area contributed by atoms with Crippen molar-refractivity contribution in [3.63, 3.8) is 0 Å². The van der Waals surface area contributed by atoms with Crippen molar-refractivity contribution in [3.05, 3.63) is 71.3 Å². The molecular weight excluding hydrogens is 274 g/mol. The quantitative estimate of drug-likeness (QED) is 0.922. The van der Waals surface area contributed by atoms with E-state index in [2.05, 4.69) is 10.2 Å². The summed E-state index contributed by atoms with van der Waals surface area (Å²) in [5.74, 6) is -0.167. The Hall–Kier alpha value is -2.64. The van der Waals surface area contributed by atoms with Crippen molar-refractivity contribution in [2.24, 2.45) is 0 Å². The molecule has 112 valence electrons. The van der Waals surface area contributed by atoms with E-state index in [1.807, 2.05) is 50.5 Å². The van der Waals surface area contributed by atoms with E-state index < -0.39 is 0 Å². The number of likely N-dealkylation sites (N-methyl/N-ethyl adjacent to an activating group) is 1. The molecule has 0 radical (unpaired) electrons. The van der Waals surface area contributed by atoms with Crippen molar-refractivity contribution in [1.82, 2.24) is 10.2 Å². The van der Waals surface area contributed by atoms with E-state index in [0.717, 1.165) is 5.56 Å². The summed E-state index contributed by atoms with van der Waals surface area (Å²) >= 11 is 0. The van der Waals surface area contributed by atoms with Crippen LogP contribution >= 0.6 is 0 Å². The molecular formula is C18H19N3O. The molecule has 0 heterocycles. The van der Waals surface area contributed by atoms with Crippen LogP contribution in [0.5, 0.6) is 0 Å². The van der Waals surface area contributed by atoms with Gasteiger partial charge in [0.25, 0.3) is 5.91 Å². The molecule has 0 spiro atoms. The largest absolute Gasteiger partial charge is 0.350 e. The van der Waals surface area contributed by atoms with Crippen LogP contribution in [0.1, 0.15) is 27.5 Å². The topological polar surface area (TPSA) is 56.1 Å². The number of amides is 1. The fourth-order valence-corrected chi connectivity index (χ4v) is 2.30. The van der Waals surface area contributed by atoms with Crippen molar-refractivity contribution in [1.29, 1.82) is 5.26 Å². The molecule has 4 heteroatoms. The van der Waals surface area contributed by atoms with Crippen LogP contribution in [0, 0.1) is 11.3 Å². The Labute approximate surface area is 131 Å². The highest BCUT2D eigenvalue weighted by molar-refractivity contribution is 5.94. The maximum Gasteiger partial charge on any atom is 0.251 e. The molecule has 0 bridgehead atoms. The monoisotopic (exact) mass is 293 g/mol. The lowest BCUT2D eigenvalue weighted by molar-refractivity contribution is 0.0942. The second kappa shape index (κ2) is 7.39.